The van der Waals surface area contributed by atoms with E-state index >= 15 is 0 Å². The summed E-state index contributed by atoms with van der Waals surface area (Å²) in [5.41, 5.74) is -0.0139. The number of carbonyl (C=O) groups is 1. The van der Waals surface area contributed by atoms with Crippen LogP contribution in [0.3, 0.4) is 0 Å². The van der Waals surface area contributed by atoms with E-state index in [9.17, 15) is 13.6 Å². The van der Waals surface area contributed by atoms with Gasteiger partial charge in [-0.15, -0.1) is 0 Å². The van der Waals surface area contributed by atoms with Crippen LogP contribution in [-0.4, -0.2) is 29.9 Å². The van der Waals surface area contributed by atoms with Crippen molar-refractivity contribution >= 4 is 5.91 Å². The first-order chi connectivity index (χ1) is 10.5. The zero-order valence-corrected chi connectivity index (χ0v) is 12.4. The van der Waals surface area contributed by atoms with Crippen LogP contribution in [0.4, 0.5) is 8.78 Å². The van der Waals surface area contributed by atoms with Gasteiger partial charge in [0.15, 0.2) is 0 Å². The minimum absolute atomic E-state index is 0.0327. The summed E-state index contributed by atoms with van der Waals surface area (Å²) in [5.74, 6) is -0.459. The lowest BCUT2D eigenvalue weighted by Crippen LogP contribution is -2.44. The predicted molar refractivity (Wildman–Crippen MR) is 78.1 cm³/mol. The maximum Gasteiger partial charge on any atom is 0.234 e. The molecule has 2 saturated carbocycles. The molecule has 118 valence electrons. The molecule has 0 aromatic heterocycles. The van der Waals surface area contributed by atoms with E-state index in [2.05, 4.69) is 10.2 Å². The van der Waals surface area contributed by atoms with Crippen LogP contribution >= 0.6 is 0 Å². The van der Waals surface area contributed by atoms with Crippen LogP contribution < -0.4 is 5.32 Å². The quantitative estimate of drug-likeness (QED) is 0.927. The van der Waals surface area contributed by atoms with Gasteiger partial charge in [-0.2, -0.15) is 0 Å². The van der Waals surface area contributed by atoms with Crippen molar-refractivity contribution < 1.29 is 13.6 Å². The molecule has 1 heterocycles. The minimum Gasteiger partial charge on any atom is -0.345 e. The van der Waals surface area contributed by atoms with Gasteiger partial charge < -0.3 is 5.32 Å². The van der Waals surface area contributed by atoms with E-state index in [4.69, 9.17) is 0 Å². The number of nitrogens with one attached hydrogen (secondary N) is 1. The molecule has 5 heteroatoms. The summed E-state index contributed by atoms with van der Waals surface area (Å²) >= 11 is 0. The third-order valence-electron chi connectivity index (χ3n) is 5.41. The van der Waals surface area contributed by atoms with Gasteiger partial charge in [0.25, 0.3) is 0 Å². The van der Waals surface area contributed by atoms with Crippen LogP contribution in [0, 0.1) is 17.6 Å². The summed E-state index contributed by atoms with van der Waals surface area (Å²) in [6.07, 6.45) is 5.18. The third kappa shape index (κ3) is 2.51. The standard InChI is InChI=1S/C17H20F2N2O/c18-13-6-12(7-14(19)8-13)17(3-4-17)20-16(22)10-21-9-11-1-2-15(21)5-11/h6-8,11,15H,1-5,9-10H2,(H,20,22)/t11-,15+/m1/s1. The highest BCUT2D eigenvalue weighted by atomic mass is 19.1. The van der Waals surface area contributed by atoms with Gasteiger partial charge in [-0.05, 0) is 55.7 Å². The Labute approximate surface area is 128 Å². The average Bonchev–Trinajstić information content (AvgIpc) is 2.92. The van der Waals surface area contributed by atoms with E-state index in [1.165, 1.54) is 31.4 Å². The molecule has 4 rings (SSSR count). The fraction of sp³-hybridized carbons (Fsp3) is 0.588. The van der Waals surface area contributed by atoms with Crippen LogP contribution in [-0.2, 0) is 10.3 Å². The monoisotopic (exact) mass is 306 g/mol. The molecule has 1 aromatic rings. The number of likely N-dealkylation sites (tertiary alicyclic amines) is 1. The number of fused-ring (bicyclic) bond motifs is 2. The number of hydrogen-bond donors (Lipinski definition) is 1. The van der Waals surface area contributed by atoms with Gasteiger partial charge >= 0.3 is 0 Å². The van der Waals surface area contributed by atoms with Crippen molar-refractivity contribution in [3.8, 4) is 0 Å². The Morgan fingerprint density at radius 2 is 1.95 bits per heavy atom. The van der Waals surface area contributed by atoms with Gasteiger partial charge in [0.1, 0.15) is 11.6 Å². The van der Waals surface area contributed by atoms with Gasteiger partial charge in [0.2, 0.25) is 5.91 Å². The van der Waals surface area contributed by atoms with Crippen LogP contribution in [0.5, 0.6) is 0 Å². The fourth-order valence-corrected chi connectivity index (χ4v) is 4.15. The molecule has 2 aliphatic carbocycles. The molecule has 22 heavy (non-hydrogen) atoms. The number of hydrogen-bond acceptors (Lipinski definition) is 2. The van der Waals surface area contributed by atoms with Crippen molar-refractivity contribution in [2.75, 3.05) is 13.1 Å². The Kier molecular flexibility index (Phi) is 3.22. The Morgan fingerprint density at radius 1 is 1.23 bits per heavy atom. The molecule has 3 aliphatic rings. The Hall–Kier alpha value is -1.49. The van der Waals surface area contributed by atoms with Crippen molar-refractivity contribution in [2.45, 2.75) is 43.7 Å². The van der Waals surface area contributed by atoms with Gasteiger partial charge in [0.05, 0.1) is 12.1 Å². The maximum absolute atomic E-state index is 13.4. The number of carbonyl (C=O) groups excluding carboxylic acids is 1. The van der Waals surface area contributed by atoms with Crippen molar-refractivity contribution in [2.24, 2.45) is 5.92 Å². The van der Waals surface area contributed by atoms with E-state index in [1.807, 2.05) is 0 Å². The maximum atomic E-state index is 13.4. The van der Waals surface area contributed by atoms with E-state index in [0.717, 1.165) is 31.4 Å². The molecule has 1 amide bonds. The Balaban J connectivity index is 1.42. The highest BCUT2D eigenvalue weighted by Gasteiger charge is 2.47. The number of halogens is 2. The van der Waals surface area contributed by atoms with Crippen molar-refractivity contribution in [1.82, 2.24) is 10.2 Å². The number of nitrogens with zero attached hydrogens (tertiary/aromatic N) is 1. The van der Waals surface area contributed by atoms with Crippen LogP contribution in [0.2, 0.25) is 0 Å². The number of piperidine rings is 1. The Bertz CT molecular complexity index is 594. The van der Waals surface area contributed by atoms with Crippen LogP contribution in [0.1, 0.15) is 37.7 Å². The highest BCUT2D eigenvalue weighted by molar-refractivity contribution is 5.79. The lowest BCUT2D eigenvalue weighted by atomic mass is 10.0. The normalized spacial score (nSPS) is 28.8. The van der Waals surface area contributed by atoms with E-state index in [-0.39, 0.29) is 5.91 Å². The summed E-state index contributed by atoms with van der Waals surface area (Å²) in [5, 5.41) is 3.01. The molecule has 0 spiro atoms. The van der Waals surface area contributed by atoms with E-state index < -0.39 is 17.2 Å². The highest BCUT2D eigenvalue weighted by Crippen LogP contribution is 2.46. The number of amides is 1. The average molecular weight is 306 g/mol. The van der Waals surface area contributed by atoms with Crippen molar-refractivity contribution in [1.29, 1.82) is 0 Å². The molecule has 3 nitrogen and oxygen atoms in total. The first kappa shape index (κ1) is 14.1. The summed E-state index contributed by atoms with van der Waals surface area (Å²) in [7, 11) is 0. The van der Waals surface area contributed by atoms with Gasteiger partial charge in [-0.25, -0.2) is 8.78 Å². The fourth-order valence-electron chi connectivity index (χ4n) is 4.15. The van der Waals surface area contributed by atoms with E-state index in [1.54, 1.807) is 0 Å². The first-order valence-corrected chi connectivity index (χ1v) is 8.06. The van der Waals surface area contributed by atoms with Gasteiger partial charge in [-0.3, -0.25) is 9.69 Å². The topological polar surface area (TPSA) is 32.3 Å². The molecule has 0 radical (unpaired) electrons. The molecule has 1 saturated heterocycles. The summed E-state index contributed by atoms with van der Waals surface area (Å²) in [4.78, 5) is 14.6. The SMILES string of the molecule is O=C(CN1C[C@@H]2CC[C@H]1C2)NC1(c2cc(F)cc(F)c2)CC1. The molecule has 1 aromatic carbocycles. The predicted octanol–water partition coefficient (Wildman–Crippen LogP) is 2.55. The molecule has 2 atom stereocenters. The molecule has 1 N–H and O–H groups in total. The molecule has 1 aliphatic heterocycles. The Morgan fingerprint density at radius 3 is 2.50 bits per heavy atom. The third-order valence-corrected chi connectivity index (χ3v) is 5.41. The zero-order valence-electron chi connectivity index (χ0n) is 12.4. The van der Waals surface area contributed by atoms with Crippen molar-refractivity contribution in [3.05, 3.63) is 35.4 Å². The first-order valence-electron chi connectivity index (χ1n) is 8.06. The molecule has 3 fully saturated rings. The van der Waals surface area contributed by atoms with Gasteiger partial charge in [0, 0.05) is 18.7 Å². The van der Waals surface area contributed by atoms with Gasteiger partial charge in [-0.1, -0.05) is 0 Å². The van der Waals surface area contributed by atoms with Crippen LogP contribution in [0.25, 0.3) is 0 Å². The summed E-state index contributed by atoms with van der Waals surface area (Å²) < 4.78 is 26.8. The smallest absolute Gasteiger partial charge is 0.234 e. The second kappa shape index (κ2) is 5.01. The second-order valence-corrected chi connectivity index (χ2v) is 7.05. The molecule has 0 unspecified atom stereocenters. The second-order valence-electron chi connectivity index (χ2n) is 7.05. The van der Waals surface area contributed by atoms with Crippen LogP contribution in [0.15, 0.2) is 18.2 Å². The van der Waals surface area contributed by atoms with Crippen molar-refractivity contribution in [3.63, 3.8) is 0 Å². The largest absolute Gasteiger partial charge is 0.345 e. The molecular weight excluding hydrogens is 286 g/mol. The summed E-state index contributed by atoms with van der Waals surface area (Å²) in [6, 6.07) is 4.07. The lowest BCUT2D eigenvalue weighted by molar-refractivity contribution is -0.123. The molecular formula is C17H20F2N2O. The molecule has 2 bridgehead atoms. The lowest BCUT2D eigenvalue weighted by Gasteiger charge is -2.27. The van der Waals surface area contributed by atoms with E-state index in [0.29, 0.717) is 18.2 Å². The minimum atomic E-state index is -0.590. The number of rotatable bonds is 4. The summed E-state index contributed by atoms with van der Waals surface area (Å²) in [6.45, 7) is 1.42. The number of benzene rings is 1. The zero-order chi connectivity index (χ0) is 15.3.